The third-order valence-electron chi connectivity index (χ3n) is 5.27. The number of aromatic nitrogens is 5. The van der Waals surface area contributed by atoms with Gasteiger partial charge in [0.2, 0.25) is 5.95 Å². The number of pyridine rings is 1. The fourth-order valence-electron chi connectivity index (χ4n) is 3.43. The van der Waals surface area contributed by atoms with Crippen molar-refractivity contribution in [2.75, 3.05) is 10.6 Å². The topological polar surface area (TPSA) is 97.6 Å². The lowest BCUT2D eigenvalue weighted by Gasteiger charge is -2.12. The Labute approximate surface area is 200 Å². The molecule has 2 N–H and O–H groups in total. The molecule has 0 aliphatic rings. The van der Waals surface area contributed by atoms with Crippen LogP contribution in [0.25, 0.3) is 16.9 Å². The molecule has 0 bridgehead atoms. The van der Waals surface area contributed by atoms with Gasteiger partial charge in [-0.3, -0.25) is 9.78 Å². The molecule has 0 atom stereocenters. The molecule has 0 aliphatic carbocycles. The number of carbonyl (C=O) groups excluding carboxylic acids is 1. The molecule has 3 heterocycles. The summed E-state index contributed by atoms with van der Waals surface area (Å²) in [5.74, 6) is -0.275. The molecule has 0 fully saturated rings. The van der Waals surface area contributed by atoms with Gasteiger partial charge in [0.25, 0.3) is 5.91 Å². The first-order valence-electron chi connectivity index (χ1n) is 10.8. The zero-order valence-electron chi connectivity index (χ0n) is 18.7. The van der Waals surface area contributed by atoms with Gasteiger partial charge in [-0.15, -0.1) is 0 Å². The third kappa shape index (κ3) is 5.03. The zero-order valence-corrected chi connectivity index (χ0v) is 18.7. The normalized spacial score (nSPS) is 10.7. The number of amides is 1. The van der Waals surface area contributed by atoms with Gasteiger partial charge in [0.15, 0.2) is 5.69 Å². The number of nitrogens with zero attached hydrogens (tertiary/aromatic N) is 5. The summed E-state index contributed by atoms with van der Waals surface area (Å²) in [6, 6.07) is 18.6. The van der Waals surface area contributed by atoms with Gasteiger partial charge >= 0.3 is 0 Å². The van der Waals surface area contributed by atoms with Crippen LogP contribution in [-0.4, -0.2) is 30.6 Å². The lowest BCUT2D eigenvalue weighted by Crippen LogP contribution is -2.13. The summed E-state index contributed by atoms with van der Waals surface area (Å²) in [4.78, 5) is 25.8. The molecule has 5 aromatic rings. The lowest BCUT2D eigenvalue weighted by molar-refractivity contribution is 0.102. The predicted molar refractivity (Wildman–Crippen MR) is 131 cm³/mol. The van der Waals surface area contributed by atoms with Crippen LogP contribution in [-0.2, 0) is 0 Å². The summed E-state index contributed by atoms with van der Waals surface area (Å²) in [5, 5.41) is 10.4. The molecule has 8 nitrogen and oxygen atoms in total. The van der Waals surface area contributed by atoms with Gasteiger partial charge < -0.3 is 10.6 Å². The minimum atomic E-state index is -0.365. The molecular formula is C26H20FN7O. The number of benzene rings is 2. The third-order valence-corrected chi connectivity index (χ3v) is 5.27. The van der Waals surface area contributed by atoms with Crippen LogP contribution in [0, 0.1) is 12.7 Å². The number of hydrogen-bond donors (Lipinski definition) is 2. The van der Waals surface area contributed by atoms with Gasteiger partial charge in [0, 0.05) is 41.7 Å². The van der Waals surface area contributed by atoms with Crippen molar-refractivity contribution in [1.82, 2.24) is 24.7 Å². The van der Waals surface area contributed by atoms with E-state index in [1.807, 2.05) is 43.3 Å². The Morgan fingerprint density at radius 2 is 1.86 bits per heavy atom. The SMILES string of the molecule is Cc1ccc(NC(=O)c2ccn(-c3ccc(F)cc3)n2)cc1Nc1nccc(-c2cccnc2)n1. The minimum absolute atomic E-state index is 0.233. The predicted octanol–water partition coefficient (Wildman–Crippen LogP) is 5.17. The molecule has 172 valence electrons. The Kier molecular flexibility index (Phi) is 5.96. The van der Waals surface area contributed by atoms with E-state index in [4.69, 9.17) is 0 Å². The van der Waals surface area contributed by atoms with Gasteiger partial charge in [-0.25, -0.2) is 19.0 Å². The number of nitrogens with one attached hydrogen (secondary N) is 2. The Morgan fingerprint density at radius 3 is 2.66 bits per heavy atom. The number of anilines is 3. The van der Waals surface area contributed by atoms with Gasteiger partial charge in [-0.05, 0) is 73.2 Å². The standard InChI is InChI=1S/C26H20FN7O/c1-17-4-7-20(30-25(35)23-11-14-34(33-23)21-8-5-19(27)6-9-21)15-24(17)32-26-29-13-10-22(31-26)18-3-2-12-28-16-18/h2-16H,1H3,(H,30,35)(H,29,31,32). The van der Waals surface area contributed by atoms with Gasteiger partial charge in [0.05, 0.1) is 11.4 Å². The Bertz CT molecular complexity index is 1480. The Balaban J connectivity index is 1.32. The van der Waals surface area contributed by atoms with Crippen molar-refractivity contribution in [1.29, 1.82) is 0 Å². The summed E-state index contributed by atoms with van der Waals surface area (Å²) in [5.41, 5.74) is 4.81. The van der Waals surface area contributed by atoms with Crippen LogP contribution in [0.1, 0.15) is 16.1 Å². The van der Waals surface area contributed by atoms with E-state index in [-0.39, 0.29) is 17.4 Å². The van der Waals surface area contributed by atoms with E-state index in [2.05, 4.69) is 30.7 Å². The molecule has 0 saturated carbocycles. The van der Waals surface area contributed by atoms with E-state index in [0.29, 0.717) is 17.3 Å². The highest BCUT2D eigenvalue weighted by Crippen LogP contribution is 2.24. The van der Waals surface area contributed by atoms with Crippen molar-refractivity contribution in [3.05, 3.63) is 109 Å². The van der Waals surface area contributed by atoms with Gasteiger partial charge in [-0.2, -0.15) is 5.10 Å². The molecule has 35 heavy (non-hydrogen) atoms. The smallest absolute Gasteiger partial charge is 0.276 e. The van der Waals surface area contributed by atoms with Crippen molar-refractivity contribution in [3.63, 3.8) is 0 Å². The van der Waals surface area contributed by atoms with Crippen molar-refractivity contribution < 1.29 is 9.18 Å². The highest BCUT2D eigenvalue weighted by atomic mass is 19.1. The van der Waals surface area contributed by atoms with Crippen LogP contribution in [0.15, 0.2) is 91.5 Å². The summed E-state index contributed by atoms with van der Waals surface area (Å²) in [6.07, 6.45) is 6.78. The summed E-state index contributed by atoms with van der Waals surface area (Å²) >= 11 is 0. The lowest BCUT2D eigenvalue weighted by atomic mass is 10.1. The maximum atomic E-state index is 13.2. The van der Waals surface area contributed by atoms with E-state index in [1.54, 1.807) is 43.0 Å². The molecular weight excluding hydrogens is 445 g/mol. The van der Waals surface area contributed by atoms with Crippen molar-refractivity contribution in [2.45, 2.75) is 6.92 Å². The molecule has 2 aromatic carbocycles. The number of halogens is 1. The number of carbonyl (C=O) groups is 1. The second kappa shape index (κ2) is 9.52. The van der Waals surface area contributed by atoms with Crippen LogP contribution >= 0.6 is 0 Å². The van der Waals surface area contributed by atoms with E-state index < -0.39 is 0 Å². The highest BCUT2D eigenvalue weighted by molar-refractivity contribution is 6.03. The largest absolute Gasteiger partial charge is 0.324 e. The minimum Gasteiger partial charge on any atom is -0.324 e. The van der Waals surface area contributed by atoms with Crippen LogP contribution in [0.5, 0.6) is 0 Å². The summed E-state index contributed by atoms with van der Waals surface area (Å²) in [6.45, 7) is 1.95. The maximum Gasteiger partial charge on any atom is 0.276 e. The van der Waals surface area contributed by atoms with Crippen molar-refractivity contribution in [2.24, 2.45) is 0 Å². The number of hydrogen-bond acceptors (Lipinski definition) is 6. The molecule has 0 unspecified atom stereocenters. The number of aryl methyl sites for hydroxylation is 1. The average molecular weight is 465 g/mol. The summed E-state index contributed by atoms with van der Waals surface area (Å²) in [7, 11) is 0. The Morgan fingerprint density at radius 1 is 1.00 bits per heavy atom. The Hall–Kier alpha value is -4.92. The van der Waals surface area contributed by atoms with Crippen molar-refractivity contribution in [3.8, 4) is 16.9 Å². The fourth-order valence-corrected chi connectivity index (χ4v) is 3.43. The quantitative estimate of drug-likeness (QED) is 0.359. The number of rotatable bonds is 6. The van der Waals surface area contributed by atoms with Crippen LogP contribution in [0.2, 0.25) is 0 Å². The van der Waals surface area contributed by atoms with E-state index in [1.165, 1.54) is 16.8 Å². The molecule has 9 heteroatoms. The molecule has 0 radical (unpaired) electrons. The van der Waals surface area contributed by atoms with Crippen molar-refractivity contribution >= 4 is 23.2 Å². The van der Waals surface area contributed by atoms with E-state index >= 15 is 0 Å². The second-order valence-corrected chi connectivity index (χ2v) is 7.74. The molecule has 1 amide bonds. The molecule has 3 aromatic heterocycles. The van der Waals surface area contributed by atoms with E-state index in [9.17, 15) is 9.18 Å². The maximum absolute atomic E-state index is 13.2. The molecule has 5 rings (SSSR count). The molecule has 0 saturated heterocycles. The van der Waals surface area contributed by atoms with Crippen LogP contribution < -0.4 is 10.6 Å². The highest BCUT2D eigenvalue weighted by Gasteiger charge is 2.12. The second-order valence-electron chi connectivity index (χ2n) is 7.74. The average Bonchev–Trinajstić information content (AvgIpc) is 3.38. The van der Waals surface area contributed by atoms with Crippen LogP contribution in [0.4, 0.5) is 21.7 Å². The first-order valence-corrected chi connectivity index (χ1v) is 10.8. The van der Waals surface area contributed by atoms with E-state index in [0.717, 1.165) is 22.5 Å². The first kappa shape index (κ1) is 21.9. The van der Waals surface area contributed by atoms with Crippen LogP contribution in [0.3, 0.4) is 0 Å². The summed E-state index contributed by atoms with van der Waals surface area (Å²) < 4.78 is 14.7. The van der Waals surface area contributed by atoms with Gasteiger partial charge in [-0.1, -0.05) is 6.07 Å². The molecule has 0 spiro atoms. The van der Waals surface area contributed by atoms with Gasteiger partial charge in [0.1, 0.15) is 5.82 Å². The zero-order chi connectivity index (χ0) is 24.2. The fraction of sp³-hybridized carbons (Fsp3) is 0.0385. The first-order chi connectivity index (χ1) is 17.0. The monoisotopic (exact) mass is 465 g/mol. The molecule has 0 aliphatic heterocycles.